The van der Waals surface area contributed by atoms with E-state index in [0.717, 1.165) is 28.7 Å². The van der Waals surface area contributed by atoms with Gasteiger partial charge in [-0.3, -0.25) is 0 Å². The first-order chi connectivity index (χ1) is 26.0. The van der Waals surface area contributed by atoms with Crippen LogP contribution >= 0.6 is 23.2 Å². The van der Waals surface area contributed by atoms with Gasteiger partial charge >= 0.3 is 0 Å². The second-order valence-corrected chi connectivity index (χ2v) is 19.3. The zero-order valence-corrected chi connectivity index (χ0v) is 34.3. The van der Waals surface area contributed by atoms with E-state index in [0.29, 0.717) is 22.3 Å². The first kappa shape index (κ1) is 40.1. The molecule has 0 aliphatic heterocycles. The molecule has 0 saturated carbocycles. The molecule has 2 atom stereocenters. The van der Waals surface area contributed by atoms with Crippen LogP contribution in [0, 0.1) is 0 Å². The molecule has 284 valence electrons. The molecule has 0 fully saturated rings. The van der Waals surface area contributed by atoms with Crippen LogP contribution in [0.2, 0.25) is 5.02 Å². The van der Waals surface area contributed by atoms with Crippen molar-refractivity contribution in [2.45, 2.75) is 77.0 Å². The van der Waals surface area contributed by atoms with Gasteiger partial charge < -0.3 is 9.47 Å². The molecule has 0 radical (unpaired) electrons. The molecule has 55 heavy (non-hydrogen) atoms. The van der Waals surface area contributed by atoms with Crippen molar-refractivity contribution in [1.29, 1.82) is 0 Å². The van der Waals surface area contributed by atoms with Crippen molar-refractivity contribution in [1.82, 2.24) is 0 Å². The molecule has 0 aromatic heterocycles. The molecule has 0 saturated heterocycles. The van der Waals surface area contributed by atoms with Gasteiger partial charge in [-0.05, 0) is 140 Å². The van der Waals surface area contributed by atoms with Crippen LogP contribution in [0.3, 0.4) is 0 Å². The van der Waals surface area contributed by atoms with Gasteiger partial charge in [-0.2, -0.15) is 0 Å². The smallest absolute Gasteiger partial charge is 0.206 e. The third kappa shape index (κ3) is 8.79. The highest BCUT2D eigenvalue weighted by atomic mass is 35.5. The van der Waals surface area contributed by atoms with Gasteiger partial charge in [0.15, 0.2) is 0 Å². The summed E-state index contributed by atoms with van der Waals surface area (Å²) in [4.78, 5) is 0.217. The Hall–Kier alpha value is -4.60. The molecule has 6 aromatic carbocycles. The van der Waals surface area contributed by atoms with E-state index in [2.05, 4.69) is 13.8 Å². The summed E-state index contributed by atoms with van der Waals surface area (Å²) < 4.78 is 64.9. The van der Waals surface area contributed by atoms with Gasteiger partial charge in [0, 0.05) is 10.4 Å². The number of benzene rings is 6. The molecule has 10 heteroatoms. The van der Waals surface area contributed by atoms with Crippen LogP contribution in [0.5, 0.6) is 17.2 Å². The van der Waals surface area contributed by atoms with Crippen LogP contribution in [0.15, 0.2) is 165 Å². The molecule has 6 aromatic rings. The summed E-state index contributed by atoms with van der Waals surface area (Å²) in [5.41, 5.74) is 3.55. The summed E-state index contributed by atoms with van der Waals surface area (Å²) >= 11 is 12.5. The molecule has 0 heterocycles. The topological polar surface area (TPSA) is 86.7 Å². The maximum Gasteiger partial charge on any atom is 0.206 e. The molecule has 0 aliphatic carbocycles. The van der Waals surface area contributed by atoms with Crippen molar-refractivity contribution in [3.63, 3.8) is 0 Å². The quantitative estimate of drug-likeness (QED) is 0.108. The first-order valence-electron chi connectivity index (χ1n) is 17.8. The zero-order chi connectivity index (χ0) is 39.6. The van der Waals surface area contributed by atoms with E-state index >= 15 is 0 Å². The fourth-order valence-corrected chi connectivity index (χ4v) is 8.92. The largest absolute Gasteiger partial charge is 0.486 e. The molecule has 0 amide bonds. The van der Waals surface area contributed by atoms with E-state index in [1.807, 2.05) is 69.3 Å². The van der Waals surface area contributed by atoms with E-state index < -0.39 is 24.5 Å². The van der Waals surface area contributed by atoms with E-state index in [1.165, 1.54) is 12.1 Å². The lowest BCUT2D eigenvalue weighted by atomic mass is 9.78. The van der Waals surface area contributed by atoms with Crippen LogP contribution in [-0.2, 0) is 30.0 Å². The minimum absolute atomic E-state index is 0.178. The summed E-state index contributed by atoms with van der Waals surface area (Å²) in [5, 5.41) is 0.474. The summed E-state index contributed by atoms with van der Waals surface area (Å²) in [6.07, 6.45) is 0.407. The number of hydrogen-bond donors (Lipinski definition) is 0. The van der Waals surface area contributed by atoms with Gasteiger partial charge in [-0.1, -0.05) is 80.9 Å². The zero-order valence-electron chi connectivity index (χ0n) is 31.2. The Morgan fingerprint density at radius 3 is 1.31 bits per heavy atom. The fraction of sp³-hybridized carbons (Fsp3) is 0.200. The van der Waals surface area contributed by atoms with Gasteiger partial charge in [0.2, 0.25) is 19.7 Å². The van der Waals surface area contributed by atoms with E-state index in [4.69, 9.17) is 32.7 Å². The average molecular weight is 814 g/mol. The Morgan fingerprint density at radius 1 is 0.527 bits per heavy atom. The SMILES string of the molecule is CCC(C)(Cl)c1ccc(S(=O)(=O)c2ccc(Oc3ccc(C(C)(C)c4ccc(OC(C)c5ccc(S(=O)(=O)c6ccc(Cl)cc6)cc5)cc4)cc3)cc2)cc1. The van der Waals surface area contributed by atoms with Crippen molar-refractivity contribution in [2.24, 2.45) is 0 Å². The molecule has 0 aliphatic rings. The first-order valence-corrected chi connectivity index (χ1v) is 21.5. The number of sulfone groups is 2. The van der Waals surface area contributed by atoms with Crippen LogP contribution in [0.4, 0.5) is 0 Å². The average Bonchev–Trinajstić information content (AvgIpc) is 3.19. The summed E-state index contributed by atoms with van der Waals surface area (Å²) in [6.45, 7) is 10.1. The predicted octanol–water partition coefficient (Wildman–Crippen LogP) is 12.1. The molecular weight excluding hydrogens is 772 g/mol. The van der Waals surface area contributed by atoms with E-state index in [1.54, 1.807) is 84.9 Å². The molecule has 6 nitrogen and oxygen atoms in total. The number of ether oxygens (including phenoxy) is 2. The van der Waals surface area contributed by atoms with Crippen molar-refractivity contribution in [2.75, 3.05) is 0 Å². The van der Waals surface area contributed by atoms with Gasteiger partial charge in [-0.15, -0.1) is 11.6 Å². The maximum absolute atomic E-state index is 13.3. The lowest BCUT2D eigenvalue weighted by Gasteiger charge is -2.27. The Labute approximate surface area is 334 Å². The van der Waals surface area contributed by atoms with Crippen molar-refractivity contribution in [3.8, 4) is 17.2 Å². The monoisotopic (exact) mass is 812 g/mol. The maximum atomic E-state index is 13.3. The van der Waals surface area contributed by atoms with Crippen molar-refractivity contribution >= 4 is 42.9 Å². The number of rotatable bonds is 13. The summed E-state index contributed by atoms with van der Waals surface area (Å²) in [6, 6.07) is 41.8. The van der Waals surface area contributed by atoms with Gasteiger partial charge in [0.1, 0.15) is 23.4 Å². The number of alkyl halides is 1. The lowest BCUT2D eigenvalue weighted by molar-refractivity contribution is 0.227. The van der Waals surface area contributed by atoms with Gasteiger partial charge in [-0.25, -0.2) is 16.8 Å². The van der Waals surface area contributed by atoms with Gasteiger partial charge in [0.05, 0.1) is 24.5 Å². The van der Waals surface area contributed by atoms with E-state index in [9.17, 15) is 16.8 Å². The Kier molecular flexibility index (Phi) is 11.6. The minimum atomic E-state index is -3.71. The lowest BCUT2D eigenvalue weighted by Crippen LogP contribution is -2.18. The Balaban J connectivity index is 1.07. The Morgan fingerprint density at radius 2 is 0.873 bits per heavy atom. The number of halogens is 2. The van der Waals surface area contributed by atoms with Crippen LogP contribution < -0.4 is 9.47 Å². The minimum Gasteiger partial charge on any atom is -0.486 e. The highest BCUT2D eigenvalue weighted by Gasteiger charge is 2.25. The third-order valence-corrected chi connectivity index (χ3v) is 14.4. The van der Waals surface area contributed by atoms with E-state index in [-0.39, 0.29) is 31.1 Å². The standard InChI is InChI=1S/C45H42Cl2O6S2/c1-6-45(5,47)35-13-25-41(26-14-35)55(50,51)43-29-21-39(22-30-43)53-38-19-11-34(12-20-38)44(3,4)33-9-17-37(18-10-33)52-31(2)32-7-23-40(24-8-32)54(48,49)42-27-15-36(46)16-28-42/h7-31H,6H2,1-5H3. The highest BCUT2D eigenvalue weighted by Crippen LogP contribution is 2.36. The predicted molar refractivity (Wildman–Crippen MR) is 219 cm³/mol. The summed E-state index contributed by atoms with van der Waals surface area (Å²) in [5.74, 6) is 1.83. The van der Waals surface area contributed by atoms with Crippen LogP contribution in [-0.4, -0.2) is 16.8 Å². The number of hydrogen-bond acceptors (Lipinski definition) is 6. The summed E-state index contributed by atoms with van der Waals surface area (Å²) in [7, 11) is -7.37. The second kappa shape index (κ2) is 15.9. The second-order valence-electron chi connectivity index (χ2n) is 14.1. The normalized spacial score (nSPS) is 13.8. The van der Waals surface area contributed by atoms with Crippen LogP contribution in [0.1, 0.15) is 69.4 Å². The molecule has 2 unspecified atom stereocenters. The molecule has 0 bridgehead atoms. The molecule has 0 spiro atoms. The highest BCUT2D eigenvalue weighted by molar-refractivity contribution is 7.91. The van der Waals surface area contributed by atoms with Gasteiger partial charge in [0.25, 0.3) is 0 Å². The van der Waals surface area contributed by atoms with Crippen molar-refractivity contribution in [3.05, 3.63) is 173 Å². The van der Waals surface area contributed by atoms with Crippen LogP contribution in [0.25, 0.3) is 0 Å². The fourth-order valence-electron chi connectivity index (χ4n) is 6.14. The molecule has 6 rings (SSSR count). The molecular formula is C45H42Cl2O6S2. The molecule has 0 N–H and O–H groups in total. The Bertz CT molecular complexity index is 2460. The van der Waals surface area contributed by atoms with Crippen molar-refractivity contribution < 1.29 is 26.3 Å². The third-order valence-electron chi connectivity index (χ3n) is 10.0.